The Labute approximate surface area is 129 Å². The zero-order chi connectivity index (χ0) is 15.5. The SMILES string of the molecule is C/C(=N/NC(=O)C[C@H]1CCS(=O)(=O)C1)c1ccc(Cl)cc1. The summed E-state index contributed by atoms with van der Waals surface area (Å²) in [6.07, 6.45) is 0.742. The summed E-state index contributed by atoms with van der Waals surface area (Å²) < 4.78 is 22.7. The van der Waals surface area contributed by atoms with Crippen LogP contribution in [0.3, 0.4) is 0 Å². The molecule has 0 saturated carbocycles. The number of amides is 1. The molecule has 0 radical (unpaired) electrons. The minimum absolute atomic E-state index is 0.0963. The molecule has 1 aromatic rings. The topological polar surface area (TPSA) is 75.6 Å². The fraction of sp³-hybridized carbons (Fsp3) is 0.429. The maximum absolute atomic E-state index is 11.8. The van der Waals surface area contributed by atoms with Crippen molar-refractivity contribution < 1.29 is 13.2 Å². The first-order valence-corrected chi connectivity index (χ1v) is 8.85. The van der Waals surface area contributed by atoms with Gasteiger partial charge in [0, 0.05) is 11.4 Å². The van der Waals surface area contributed by atoms with Gasteiger partial charge in [-0.25, -0.2) is 13.8 Å². The number of sulfone groups is 1. The van der Waals surface area contributed by atoms with E-state index in [0.29, 0.717) is 17.2 Å². The number of nitrogens with zero attached hydrogens (tertiary/aromatic N) is 1. The molecule has 7 heteroatoms. The van der Waals surface area contributed by atoms with Crippen LogP contribution in [0.2, 0.25) is 5.02 Å². The van der Waals surface area contributed by atoms with E-state index in [1.807, 2.05) is 12.1 Å². The van der Waals surface area contributed by atoms with Gasteiger partial charge < -0.3 is 0 Å². The molecule has 0 bridgehead atoms. The highest BCUT2D eigenvalue weighted by atomic mass is 35.5. The van der Waals surface area contributed by atoms with Crippen molar-refractivity contribution in [3.63, 3.8) is 0 Å². The van der Waals surface area contributed by atoms with E-state index in [2.05, 4.69) is 10.5 Å². The van der Waals surface area contributed by atoms with Crippen molar-refractivity contribution >= 4 is 33.1 Å². The monoisotopic (exact) mass is 328 g/mol. The van der Waals surface area contributed by atoms with E-state index in [0.717, 1.165) is 5.56 Å². The second kappa shape index (κ2) is 6.58. The molecule has 21 heavy (non-hydrogen) atoms. The molecular formula is C14H17ClN2O3S. The van der Waals surface area contributed by atoms with Crippen LogP contribution in [0.1, 0.15) is 25.3 Å². The zero-order valence-corrected chi connectivity index (χ0v) is 13.2. The van der Waals surface area contributed by atoms with E-state index in [1.54, 1.807) is 19.1 Å². The van der Waals surface area contributed by atoms with E-state index in [1.165, 1.54) is 0 Å². The molecule has 0 unspecified atom stereocenters. The smallest absolute Gasteiger partial charge is 0.240 e. The summed E-state index contributed by atoms with van der Waals surface area (Å²) in [6, 6.07) is 7.13. The van der Waals surface area contributed by atoms with E-state index in [-0.39, 0.29) is 29.8 Å². The minimum Gasteiger partial charge on any atom is -0.273 e. The molecule has 114 valence electrons. The van der Waals surface area contributed by atoms with Crippen LogP contribution in [-0.4, -0.2) is 31.5 Å². The average molecular weight is 329 g/mol. The number of rotatable bonds is 4. The predicted octanol–water partition coefficient (Wildman–Crippen LogP) is 2.01. The normalized spacial score (nSPS) is 21.2. The van der Waals surface area contributed by atoms with Crippen LogP contribution in [0.5, 0.6) is 0 Å². The number of benzene rings is 1. The van der Waals surface area contributed by atoms with Gasteiger partial charge in [-0.2, -0.15) is 5.10 Å². The first kappa shape index (κ1) is 16.0. The van der Waals surface area contributed by atoms with Gasteiger partial charge in [0.1, 0.15) is 0 Å². The second-order valence-electron chi connectivity index (χ2n) is 5.21. The second-order valence-corrected chi connectivity index (χ2v) is 7.88. The third-order valence-corrected chi connectivity index (χ3v) is 5.50. The number of hydrazone groups is 1. The molecule has 1 aliphatic rings. The van der Waals surface area contributed by atoms with Gasteiger partial charge in [0.15, 0.2) is 9.84 Å². The molecule has 0 aromatic heterocycles. The summed E-state index contributed by atoms with van der Waals surface area (Å²) in [7, 11) is -2.95. The fourth-order valence-corrected chi connectivity index (χ4v) is 4.23. The molecule has 1 amide bonds. The molecule has 1 fully saturated rings. The molecule has 1 heterocycles. The van der Waals surface area contributed by atoms with Gasteiger partial charge in [0.25, 0.3) is 0 Å². The lowest BCUT2D eigenvalue weighted by molar-refractivity contribution is -0.121. The van der Waals surface area contributed by atoms with Crippen LogP contribution >= 0.6 is 11.6 Å². The Morgan fingerprint density at radius 2 is 2.05 bits per heavy atom. The van der Waals surface area contributed by atoms with Gasteiger partial charge in [0.2, 0.25) is 5.91 Å². The van der Waals surface area contributed by atoms with Crippen molar-refractivity contribution in [1.29, 1.82) is 0 Å². The first-order chi connectivity index (χ1) is 9.85. The Morgan fingerprint density at radius 3 is 2.62 bits per heavy atom. The molecule has 0 aliphatic carbocycles. The lowest BCUT2D eigenvalue weighted by atomic mass is 10.1. The molecule has 5 nitrogen and oxygen atoms in total. The quantitative estimate of drug-likeness (QED) is 0.678. The van der Waals surface area contributed by atoms with Gasteiger partial charge >= 0.3 is 0 Å². The lowest BCUT2D eigenvalue weighted by Gasteiger charge is -2.06. The Hall–Kier alpha value is -1.40. The molecule has 0 spiro atoms. The van der Waals surface area contributed by atoms with E-state index >= 15 is 0 Å². The highest BCUT2D eigenvalue weighted by Crippen LogP contribution is 2.21. The molecule has 1 saturated heterocycles. The van der Waals surface area contributed by atoms with Crippen molar-refractivity contribution in [3.05, 3.63) is 34.9 Å². The number of carbonyl (C=O) groups excluding carboxylic acids is 1. The van der Waals surface area contributed by atoms with Crippen molar-refractivity contribution in [2.45, 2.75) is 19.8 Å². The standard InChI is InChI=1S/C14H17ClN2O3S/c1-10(12-2-4-13(15)5-3-12)16-17-14(18)8-11-6-7-21(19,20)9-11/h2-5,11H,6-9H2,1H3,(H,17,18)/b16-10-/t11-/m1/s1. The number of halogens is 1. The number of hydrogen-bond donors (Lipinski definition) is 1. The molecule has 1 atom stereocenters. The minimum atomic E-state index is -2.95. The van der Waals surface area contributed by atoms with Crippen LogP contribution < -0.4 is 5.43 Å². The molecule has 1 aromatic carbocycles. The number of nitrogens with one attached hydrogen (secondary N) is 1. The highest BCUT2D eigenvalue weighted by molar-refractivity contribution is 7.91. The summed E-state index contributed by atoms with van der Waals surface area (Å²) in [5, 5.41) is 4.66. The lowest BCUT2D eigenvalue weighted by Crippen LogP contribution is -2.22. The molecular weight excluding hydrogens is 312 g/mol. The van der Waals surface area contributed by atoms with Crippen molar-refractivity contribution in [1.82, 2.24) is 5.43 Å². The van der Waals surface area contributed by atoms with Gasteiger partial charge in [-0.15, -0.1) is 0 Å². The summed E-state index contributed by atoms with van der Waals surface area (Å²) in [5.41, 5.74) is 4.00. The van der Waals surface area contributed by atoms with Gasteiger partial charge in [-0.05, 0) is 37.0 Å². The Balaban J connectivity index is 1.88. The predicted molar refractivity (Wildman–Crippen MR) is 83.2 cm³/mol. The summed E-state index contributed by atoms with van der Waals surface area (Å²) in [6.45, 7) is 1.78. The molecule has 2 rings (SSSR count). The Kier molecular flexibility index (Phi) is 5.00. The van der Waals surface area contributed by atoms with Crippen molar-refractivity contribution in [2.75, 3.05) is 11.5 Å². The van der Waals surface area contributed by atoms with Crippen LogP contribution in [0.4, 0.5) is 0 Å². The zero-order valence-electron chi connectivity index (χ0n) is 11.7. The first-order valence-electron chi connectivity index (χ1n) is 6.65. The Bertz CT molecular complexity index is 653. The summed E-state index contributed by atoms with van der Waals surface area (Å²) in [5.74, 6) is -0.0790. The maximum atomic E-state index is 11.8. The fourth-order valence-electron chi connectivity index (χ4n) is 2.24. The average Bonchev–Trinajstić information content (AvgIpc) is 2.76. The highest BCUT2D eigenvalue weighted by Gasteiger charge is 2.29. The maximum Gasteiger partial charge on any atom is 0.240 e. The largest absolute Gasteiger partial charge is 0.273 e. The van der Waals surface area contributed by atoms with E-state index in [4.69, 9.17) is 11.6 Å². The number of hydrogen-bond acceptors (Lipinski definition) is 4. The third-order valence-electron chi connectivity index (χ3n) is 3.41. The van der Waals surface area contributed by atoms with Gasteiger partial charge in [-0.1, -0.05) is 23.7 Å². The third kappa shape index (κ3) is 4.82. The van der Waals surface area contributed by atoms with Gasteiger partial charge in [0.05, 0.1) is 17.2 Å². The van der Waals surface area contributed by atoms with Crippen molar-refractivity contribution in [2.24, 2.45) is 11.0 Å². The van der Waals surface area contributed by atoms with Crippen LogP contribution in [0.15, 0.2) is 29.4 Å². The van der Waals surface area contributed by atoms with Crippen LogP contribution in [-0.2, 0) is 14.6 Å². The van der Waals surface area contributed by atoms with Crippen LogP contribution in [0, 0.1) is 5.92 Å². The Morgan fingerprint density at radius 1 is 1.38 bits per heavy atom. The number of carbonyl (C=O) groups is 1. The van der Waals surface area contributed by atoms with E-state index < -0.39 is 9.84 Å². The molecule has 1 N–H and O–H groups in total. The molecule has 1 aliphatic heterocycles. The summed E-state index contributed by atoms with van der Waals surface area (Å²) in [4.78, 5) is 11.8. The van der Waals surface area contributed by atoms with Crippen molar-refractivity contribution in [3.8, 4) is 0 Å². The van der Waals surface area contributed by atoms with Gasteiger partial charge in [-0.3, -0.25) is 4.79 Å². The summed E-state index contributed by atoms with van der Waals surface area (Å²) >= 11 is 5.80. The van der Waals surface area contributed by atoms with E-state index in [9.17, 15) is 13.2 Å². The van der Waals surface area contributed by atoms with Crippen LogP contribution in [0.25, 0.3) is 0 Å².